The van der Waals surface area contributed by atoms with E-state index in [9.17, 15) is 19.6 Å². The molecule has 0 aliphatic carbocycles. The molecule has 2 unspecified atom stereocenters. The van der Waals surface area contributed by atoms with Gasteiger partial charge in [0.25, 0.3) is 0 Å². The molecule has 0 saturated heterocycles. The van der Waals surface area contributed by atoms with Crippen LogP contribution in [0.2, 0.25) is 0 Å². The number of carbonyl (C=O) groups is 3. The van der Waals surface area contributed by atoms with Gasteiger partial charge in [-0.1, -0.05) is 12.1 Å². The molecule has 1 aliphatic rings. The Labute approximate surface area is 127 Å². The zero-order valence-electron chi connectivity index (χ0n) is 12.1. The van der Waals surface area contributed by atoms with Gasteiger partial charge in [0.2, 0.25) is 0 Å². The molecule has 22 heavy (non-hydrogen) atoms. The lowest BCUT2D eigenvalue weighted by molar-refractivity contribution is -0.145. The number of para-hydroxylation sites is 1. The van der Waals surface area contributed by atoms with Crippen LogP contribution in [0.1, 0.15) is 30.1 Å². The topological polar surface area (TPSA) is 93.5 Å². The summed E-state index contributed by atoms with van der Waals surface area (Å²) in [7, 11) is 0. The molecule has 1 heterocycles. The van der Waals surface area contributed by atoms with Crippen LogP contribution in [0, 0.1) is 17.2 Å². The Balaban J connectivity index is 2.11. The average Bonchev–Trinajstić information content (AvgIpc) is 2.47. The van der Waals surface area contributed by atoms with E-state index in [0.717, 1.165) is 0 Å². The highest BCUT2D eigenvalue weighted by Gasteiger charge is 2.38. The Kier molecular flexibility index (Phi) is 4.89. The highest BCUT2D eigenvalue weighted by atomic mass is 16.5. The van der Waals surface area contributed by atoms with Gasteiger partial charge in [-0.15, -0.1) is 0 Å². The van der Waals surface area contributed by atoms with E-state index >= 15 is 0 Å². The first-order chi connectivity index (χ1) is 10.6. The minimum Gasteiger partial charge on any atom is -0.487 e. The number of fused-ring (bicyclic) bond motifs is 1. The fourth-order valence-electron chi connectivity index (χ4n) is 2.31. The van der Waals surface area contributed by atoms with Gasteiger partial charge in [-0.05, 0) is 19.1 Å². The van der Waals surface area contributed by atoms with Crippen molar-refractivity contribution in [1.29, 1.82) is 5.26 Å². The second kappa shape index (κ2) is 6.85. The van der Waals surface area contributed by atoms with Gasteiger partial charge in [0.1, 0.15) is 30.0 Å². The summed E-state index contributed by atoms with van der Waals surface area (Å²) in [6, 6.07) is 8.47. The predicted molar refractivity (Wildman–Crippen MR) is 75.2 cm³/mol. The van der Waals surface area contributed by atoms with E-state index in [-0.39, 0.29) is 25.2 Å². The van der Waals surface area contributed by atoms with Crippen molar-refractivity contribution in [2.45, 2.75) is 25.9 Å². The maximum atomic E-state index is 12.3. The number of benzene rings is 1. The number of ketones is 2. The molecule has 114 valence electrons. The molecule has 2 atom stereocenters. The van der Waals surface area contributed by atoms with Crippen LogP contribution in [0.4, 0.5) is 0 Å². The van der Waals surface area contributed by atoms with Crippen molar-refractivity contribution in [2.24, 2.45) is 5.92 Å². The molecule has 6 nitrogen and oxygen atoms in total. The van der Waals surface area contributed by atoms with E-state index in [2.05, 4.69) is 0 Å². The van der Waals surface area contributed by atoms with Crippen LogP contribution < -0.4 is 4.74 Å². The molecule has 0 amide bonds. The van der Waals surface area contributed by atoms with E-state index in [1.807, 2.05) is 6.07 Å². The molecule has 0 aromatic heterocycles. The smallest absolute Gasteiger partial charge is 0.313 e. The Morgan fingerprint density at radius 1 is 1.36 bits per heavy atom. The van der Waals surface area contributed by atoms with Crippen molar-refractivity contribution in [2.75, 3.05) is 6.61 Å². The zero-order chi connectivity index (χ0) is 16.1. The van der Waals surface area contributed by atoms with Crippen LogP contribution in [-0.4, -0.2) is 30.2 Å². The third-order valence-corrected chi connectivity index (χ3v) is 3.30. The maximum Gasteiger partial charge on any atom is 0.313 e. The van der Waals surface area contributed by atoms with Gasteiger partial charge in [-0.2, -0.15) is 5.26 Å². The van der Waals surface area contributed by atoms with Gasteiger partial charge < -0.3 is 9.47 Å². The Bertz CT molecular complexity index is 646. The monoisotopic (exact) mass is 301 g/mol. The van der Waals surface area contributed by atoms with Crippen LogP contribution >= 0.6 is 0 Å². The van der Waals surface area contributed by atoms with Crippen LogP contribution in [0.15, 0.2) is 24.3 Å². The lowest BCUT2D eigenvalue weighted by Crippen LogP contribution is -2.38. The van der Waals surface area contributed by atoms with Gasteiger partial charge in [-0.3, -0.25) is 14.4 Å². The van der Waals surface area contributed by atoms with Crippen molar-refractivity contribution in [1.82, 2.24) is 0 Å². The first-order valence-electron chi connectivity index (χ1n) is 6.93. The minimum atomic E-state index is -1.05. The number of nitriles is 1. The molecule has 0 saturated carbocycles. The fraction of sp³-hybridized carbons (Fsp3) is 0.375. The molecular weight excluding hydrogens is 286 g/mol. The number of rotatable bonds is 5. The summed E-state index contributed by atoms with van der Waals surface area (Å²) < 4.78 is 10.3. The van der Waals surface area contributed by atoms with Crippen molar-refractivity contribution < 1.29 is 23.9 Å². The minimum absolute atomic E-state index is 0.183. The molecule has 0 radical (unpaired) electrons. The summed E-state index contributed by atoms with van der Waals surface area (Å²) in [4.78, 5) is 35.4. The lowest BCUT2D eigenvalue weighted by Gasteiger charge is -2.28. The predicted octanol–water partition coefficient (Wildman–Crippen LogP) is 1.68. The second-order valence-electron chi connectivity index (χ2n) is 4.85. The SMILES string of the molecule is CCOC(=O)CC(=O)CC1Oc2ccccc2C(=O)C1C#N. The van der Waals surface area contributed by atoms with E-state index < -0.39 is 23.8 Å². The van der Waals surface area contributed by atoms with Gasteiger partial charge in [0.15, 0.2) is 5.78 Å². The number of esters is 1. The van der Waals surface area contributed by atoms with Gasteiger partial charge >= 0.3 is 5.97 Å². The molecule has 2 rings (SSSR count). The standard InChI is InChI=1S/C16H15NO5/c1-2-21-15(19)8-10(18)7-14-12(9-17)16(20)11-5-3-4-6-13(11)22-14/h3-6,12,14H,2,7-8H2,1H3. The highest BCUT2D eigenvalue weighted by molar-refractivity contribution is 6.04. The normalized spacial score (nSPS) is 19.5. The molecule has 1 aliphatic heterocycles. The quantitative estimate of drug-likeness (QED) is 0.606. The molecule has 0 N–H and O–H groups in total. The third-order valence-electron chi connectivity index (χ3n) is 3.30. The summed E-state index contributed by atoms with van der Waals surface area (Å²) in [6.07, 6.45) is -1.45. The third kappa shape index (κ3) is 3.31. The molecule has 0 bridgehead atoms. The number of Topliss-reactive ketones (excluding diaryl/α,β-unsaturated/α-hetero) is 2. The average molecular weight is 301 g/mol. The van der Waals surface area contributed by atoms with Gasteiger partial charge in [-0.25, -0.2) is 0 Å². The Morgan fingerprint density at radius 3 is 2.77 bits per heavy atom. The molecular formula is C16H15NO5. The van der Waals surface area contributed by atoms with Gasteiger partial charge in [0.05, 0.1) is 18.2 Å². The van der Waals surface area contributed by atoms with Crippen LogP contribution in [0.25, 0.3) is 0 Å². The first kappa shape index (κ1) is 15.7. The number of hydrogen-bond donors (Lipinski definition) is 0. The van der Waals surface area contributed by atoms with Gasteiger partial charge in [0, 0.05) is 6.42 Å². The largest absolute Gasteiger partial charge is 0.487 e. The Hall–Kier alpha value is -2.68. The van der Waals surface area contributed by atoms with E-state index in [1.165, 1.54) is 0 Å². The zero-order valence-corrected chi connectivity index (χ0v) is 12.1. The van der Waals surface area contributed by atoms with Crippen LogP contribution in [-0.2, 0) is 14.3 Å². The summed E-state index contributed by atoms with van der Waals surface area (Å²) in [5.41, 5.74) is 0.336. The maximum absolute atomic E-state index is 12.3. The second-order valence-corrected chi connectivity index (χ2v) is 4.85. The van der Waals surface area contributed by atoms with E-state index in [4.69, 9.17) is 9.47 Å². The number of hydrogen-bond acceptors (Lipinski definition) is 6. The van der Waals surface area contributed by atoms with E-state index in [1.54, 1.807) is 31.2 Å². The number of ether oxygens (including phenoxy) is 2. The molecule has 1 aromatic rings. The summed E-state index contributed by atoms with van der Waals surface area (Å²) >= 11 is 0. The van der Waals surface area contributed by atoms with Crippen molar-refractivity contribution >= 4 is 17.5 Å². The summed E-state index contributed by atoms with van der Waals surface area (Å²) in [6.45, 7) is 1.84. The first-order valence-corrected chi connectivity index (χ1v) is 6.93. The number of nitrogens with zero attached hydrogens (tertiary/aromatic N) is 1. The summed E-state index contributed by atoms with van der Waals surface area (Å²) in [5, 5.41) is 9.18. The molecule has 1 aromatic carbocycles. The molecule has 0 spiro atoms. The highest BCUT2D eigenvalue weighted by Crippen LogP contribution is 2.32. The Morgan fingerprint density at radius 2 is 2.09 bits per heavy atom. The lowest BCUT2D eigenvalue weighted by atomic mass is 9.87. The van der Waals surface area contributed by atoms with Crippen molar-refractivity contribution in [3.8, 4) is 11.8 Å². The van der Waals surface area contributed by atoms with Crippen LogP contribution in [0.3, 0.4) is 0 Å². The van der Waals surface area contributed by atoms with Crippen LogP contribution in [0.5, 0.6) is 5.75 Å². The molecule has 6 heteroatoms. The van der Waals surface area contributed by atoms with E-state index in [0.29, 0.717) is 11.3 Å². The fourth-order valence-corrected chi connectivity index (χ4v) is 2.31. The summed E-state index contributed by atoms with van der Waals surface area (Å²) in [5.74, 6) is -2.10. The molecule has 0 fully saturated rings. The van der Waals surface area contributed by atoms with Crippen molar-refractivity contribution in [3.63, 3.8) is 0 Å². The van der Waals surface area contributed by atoms with Crippen molar-refractivity contribution in [3.05, 3.63) is 29.8 Å². The number of carbonyl (C=O) groups excluding carboxylic acids is 3.